The van der Waals surface area contributed by atoms with Crippen molar-refractivity contribution >= 4 is 34.6 Å². The summed E-state index contributed by atoms with van der Waals surface area (Å²) in [5, 5.41) is 4.82. The van der Waals surface area contributed by atoms with Crippen LogP contribution < -0.4 is 15.0 Å². The molecule has 3 heterocycles. The van der Waals surface area contributed by atoms with Crippen molar-refractivity contribution in [1.82, 2.24) is 14.9 Å². The summed E-state index contributed by atoms with van der Waals surface area (Å²) in [5.41, 5.74) is 3.91. The first-order valence-corrected chi connectivity index (χ1v) is 11.0. The topological polar surface area (TPSA) is 42.3 Å². The van der Waals surface area contributed by atoms with Crippen molar-refractivity contribution in [2.24, 2.45) is 0 Å². The second kappa shape index (κ2) is 8.65. The van der Waals surface area contributed by atoms with Crippen LogP contribution in [-0.2, 0) is 0 Å². The average molecular weight is 461 g/mol. The number of benzene rings is 2. The molecule has 7 heteroatoms. The number of hydrogen-bond donors (Lipinski definition) is 1. The van der Waals surface area contributed by atoms with Gasteiger partial charge in [0.05, 0.1) is 24.5 Å². The maximum absolute atomic E-state index is 6.16. The van der Waals surface area contributed by atoms with E-state index in [4.69, 9.17) is 28.6 Å². The van der Waals surface area contributed by atoms with E-state index >= 15 is 0 Å². The molecule has 160 valence electrons. The number of nitrogens with zero attached hydrogens (tertiary/aromatic N) is 3. The molecule has 4 aromatic rings. The molecule has 2 aromatic carbocycles. The number of para-hydroxylation sites is 2. The number of aromatic nitrogens is 2. The minimum Gasteiger partial charge on any atom is -0.495 e. The van der Waals surface area contributed by atoms with Gasteiger partial charge in [0.25, 0.3) is 0 Å². The predicted octanol–water partition coefficient (Wildman–Crippen LogP) is 5.71. The first-order valence-electron chi connectivity index (χ1n) is 10.2. The summed E-state index contributed by atoms with van der Waals surface area (Å²) < 4.78 is 7.79. The molecule has 5 nitrogen and oxygen atoms in total. The van der Waals surface area contributed by atoms with Crippen LogP contribution in [0.5, 0.6) is 5.75 Å². The molecule has 2 atom stereocenters. The molecule has 1 aliphatic rings. The van der Waals surface area contributed by atoms with Crippen LogP contribution in [0.25, 0.3) is 5.69 Å². The van der Waals surface area contributed by atoms with Gasteiger partial charge >= 0.3 is 0 Å². The van der Waals surface area contributed by atoms with E-state index in [2.05, 4.69) is 25.8 Å². The number of rotatable bonds is 5. The summed E-state index contributed by atoms with van der Waals surface area (Å²) in [6.45, 7) is 0. The largest absolute Gasteiger partial charge is 0.495 e. The fraction of sp³-hybridized carbons (Fsp3) is 0.120. The smallest absolute Gasteiger partial charge is 0.174 e. The minimum absolute atomic E-state index is 0.136. The number of pyridine rings is 1. The average Bonchev–Trinajstić information content (AvgIpc) is 3.44. The van der Waals surface area contributed by atoms with E-state index < -0.39 is 0 Å². The standard InChI is InChI=1S/C25H21ClN4OS/c1-31-22-10-3-2-8-20(22)29-16-6-9-21(29)24-23(19-7-4-5-15-27-19)28-25(32)30(24)18-13-11-17(26)12-14-18/h2-16,23-24H,1H3,(H,28,32)/t23-,24+/m1/s1. The molecule has 1 saturated heterocycles. The lowest BCUT2D eigenvalue weighted by molar-refractivity contribution is 0.412. The third-order valence-electron chi connectivity index (χ3n) is 5.63. The lowest BCUT2D eigenvalue weighted by Gasteiger charge is -2.29. The summed E-state index contributed by atoms with van der Waals surface area (Å²) in [7, 11) is 1.69. The van der Waals surface area contributed by atoms with Crippen molar-refractivity contribution in [2.45, 2.75) is 12.1 Å². The molecule has 1 N–H and O–H groups in total. The fourth-order valence-corrected chi connectivity index (χ4v) is 4.69. The zero-order valence-corrected chi connectivity index (χ0v) is 18.9. The van der Waals surface area contributed by atoms with Gasteiger partial charge in [0.1, 0.15) is 11.8 Å². The molecule has 0 aliphatic carbocycles. The lowest BCUT2D eigenvalue weighted by Crippen LogP contribution is -2.30. The molecule has 0 radical (unpaired) electrons. The first-order chi connectivity index (χ1) is 15.7. The normalized spacial score (nSPS) is 17.9. The van der Waals surface area contributed by atoms with Gasteiger partial charge in [0.15, 0.2) is 5.11 Å². The number of ether oxygens (including phenoxy) is 1. The number of nitrogens with one attached hydrogen (secondary N) is 1. The van der Waals surface area contributed by atoms with E-state index in [1.807, 2.05) is 79.0 Å². The van der Waals surface area contributed by atoms with Gasteiger partial charge < -0.3 is 19.5 Å². The van der Waals surface area contributed by atoms with Crippen LogP contribution in [-0.4, -0.2) is 21.8 Å². The number of halogens is 1. The van der Waals surface area contributed by atoms with Crippen LogP contribution in [0, 0.1) is 0 Å². The zero-order valence-electron chi connectivity index (χ0n) is 17.4. The van der Waals surface area contributed by atoms with Gasteiger partial charge in [-0.2, -0.15) is 0 Å². The zero-order chi connectivity index (χ0) is 22.1. The molecule has 0 saturated carbocycles. The number of methoxy groups -OCH3 is 1. The van der Waals surface area contributed by atoms with E-state index in [0.29, 0.717) is 10.1 Å². The van der Waals surface area contributed by atoms with Crippen LogP contribution in [0.4, 0.5) is 5.69 Å². The van der Waals surface area contributed by atoms with Crippen molar-refractivity contribution < 1.29 is 4.74 Å². The molecular formula is C25H21ClN4OS. The number of thiocarbonyl (C=S) groups is 1. The summed E-state index contributed by atoms with van der Waals surface area (Å²) in [6, 6.07) is 25.5. The highest BCUT2D eigenvalue weighted by atomic mass is 35.5. The summed E-state index contributed by atoms with van der Waals surface area (Å²) in [4.78, 5) is 6.76. The highest BCUT2D eigenvalue weighted by molar-refractivity contribution is 7.80. The first kappa shape index (κ1) is 20.5. The predicted molar refractivity (Wildman–Crippen MR) is 132 cm³/mol. The molecule has 0 unspecified atom stereocenters. The van der Waals surface area contributed by atoms with Crippen LogP contribution >= 0.6 is 23.8 Å². The highest BCUT2D eigenvalue weighted by Crippen LogP contribution is 2.43. The van der Waals surface area contributed by atoms with Gasteiger partial charge in [0, 0.05) is 28.8 Å². The molecule has 1 aliphatic heterocycles. The Balaban J connectivity index is 1.68. The van der Waals surface area contributed by atoms with Crippen molar-refractivity contribution in [1.29, 1.82) is 0 Å². The Hall–Kier alpha value is -3.35. The lowest BCUT2D eigenvalue weighted by atomic mass is 10.0. The van der Waals surface area contributed by atoms with Gasteiger partial charge in [-0.15, -0.1) is 0 Å². The molecule has 0 bridgehead atoms. The summed E-state index contributed by atoms with van der Waals surface area (Å²) in [6.07, 6.45) is 3.85. The van der Waals surface area contributed by atoms with Crippen LogP contribution in [0.2, 0.25) is 5.02 Å². The Morgan fingerprint density at radius 3 is 2.50 bits per heavy atom. The SMILES string of the molecule is COc1ccccc1-n1cccc1[C@H]1[C@@H](c2ccccn2)NC(=S)N1c1ccc(Cl)cc1. The fourth-order valence-electron chi connectivity index (χ4n) is 4.22. The Bertz CT molecular complexity index is 1240. The van der Waals surface area contributed by atoms with Crippen LogP contribution in [0.1, 0.15) is 23.5 Å². The molecule has 1 fully saturated rings. The summed E-state index contributed by atoms with van der Waals surface area (Å²) in [5.74, 6) is 0.797. The Kier molecular flexibility index (Phi) is 5.55. The van der Waals surface area contributed by atoms with Crippen molar-refractivity contribution in [2.75, 3.05) is 12.0 Å². The van der Waals surface area contributed by atoms with E-state index in [-0.39, 0.29) is 12.1 Å². The van der Waals surface area contributed by atoms with Crippen molar-refractivity contribution in [3.8, 4) is 11.4 Å². The van der Waals surface area contributed by atoms with Gasteiger partial charge in [-0.05, 0) is 72.9 Å². The van der Waals surface area contributed by atoms with Gasteiger partial charge in [-0.25, -0.2) is 0 Å². The highest BCUT2D eigenvalue weighted by Gasteiger charge is 2.42. The third kappa shape index (κ3) is 3.61. The molecule has 5 rings (SSSR count). The van der Waals surface area contributed by atoms with E-state index in [9.17, 15) is 0 Å². The molecule has 2 aromatic heterocycles. The quantitative estimate of drug-likeness (QED) is 0.386. The number of hydrogen-bond acceptors (Lipinski definition) is 3. The molecule has 32 heavy (non-hydrogen) atoms. The van der Waals surface area contributed by atoms with Crippen molar-refractivity contribution in [3.63, 3.8) is 0 Å². The Morgan fingerprint density at radius 1 is 0.969 bits per heavy atom. The number of anilines is 1. The minimum atomic E-state index is -0.140. The van der Waals surface area contributed by atoms with Crippen molar-refractivity contribution in [3.05, 3.63) is 108 Å². The Labute approximate surface area is 197 Å². The van der Waals surface area contributed by atoms with E-state index in [0.717, 1.165) is 28.5 Å². The van der Waals surface area contributed by atoms with Gasteiger partial charge in [-0.1, -0.05) is 29.8 Å². The maximum atomic E-state index is 6.16. The van der Waals surface area contributed by atoms with Gasteiger partial charge in [-0.3, -0.25) is 4.98 Å². The molecule has 0 spiro atoms. The van der Waals surface area contributed by atoms with E-state index in [1.165, 1.54) is 0 Å². The monoisotopic (exact) mass is 460 g/mol. The Morgan fingerprint density at radius 2 is 1.75 bits per heavy atom. The molecular weight excluding hydrogens is 440 g/mol. The maximum Gasteiger partial charge on any atom is 0.174 e. The third-order valence-corrected chi connectivity index (χ3v) is 6.20. The van der Waals surface area contributed by atoms with Crippen LogP contribution in [0.3, 0.4) is 0 Å². The second-order valence-electron chi connectivity index (χ2n) is 7.45. The molecule has 0 amide bonds. The van der Waals surface area contributed by atoms with E-state index in [1.54, 1.807) is 13.3 Å². The van der Waals surface area contributed by atoms with Crippen LogP contribution in [0.15, 0.2) is 91.3 Å². The van der Waals surface area contributed by atoms with Gasteiger partial charge in [0.2, 0.25) is 0 Å². The second-order valence-corrected chi connectivity index (χ2v) is 8.27. The summed E-state index contributed by atoms with van der Waals surface area (Å²) >= 11 is 12.0.